The number of aromatic nitrogens is 1. The van der Waals surface area contributed by atoms with Crippen LogP contribution in [0.2, 0.25) is 0 Å². The minimum absolute atomic E-state index is 0.00914. The van der Waals surface area contributed by atoms with Crippen molar-refractivity contribution in [1.29, 1.82) is 0 Å². The molecule has 134 valence electrons. The van der Waals surface area contributed by atoms with Gasteiger partial charge < -0.3 is 5.11 Å². The summed E-state index contributed by atoms with van der Waals surface area (Å²) in [5, 5.41) is 21.1. The highest BCUT2D eigenvalue weighted by Crippen LogP contribution is 2.40. The lowest BCUT2D eigenvalue weighted by Gasteiger charge is -2.10. The molecule has 2 heterocycles. The van der Waals surface area contributed by atoms with Gasteiger partial charge in [-0.2, -0.15) is 0 Å². The number of nitro groups is 1. The van der Waals surface area contributed by atoms with E-state index in [1.165, 1.54) is 12.1 Å². The van der Waals surface area contributed by atoms with Crippen molar-refractivity contribution in [2.24, 2.45) is 4.99 Å². The first-order valence-electron chi connectivity index (χ1n) is 8.05. The number of benzene rings is 2. The van der Waals surface area contributed by atoms with Crippen LogP contribution in [0.15, 0.2) is 58.3 Å². The van der Waals surface area contributed by atoms with Gasteiger partial charge in [0.15, 0.2) is 0 Å². The number of nitrogens with zero attached hydrogens (tertiary/aromatic N) is 2. The van der Waals surface area contributed by atoms with E-state index in [1.54, 1.807) is 18.3 Å². The molecule has 0 saturated heterocycles. The van der Waals surface area contributed by atoms with E-state index in [1.807, 2.05) is 24.3 Å². The fourth-order valence-electron chi connectivity index (χ4n) is 3.02. The summed E-state index contributed by atoms with van der Waals surface area (Å²) < 4.78 is 0. The number of aromatic hydroxyl groups is 1. The van der Waals surface area contributed by atoms with Crippen LogP contribution in [0.4, 0.5) is 11.4 Å². The number of nitrogens with one attached hydrogen (secondary N) is 1. The molecular formula is C19H13N3O4S. The van der Waals surface area contributed by atoms with Crippen molar-refractivity contribution in [3.05, 3.63) is 84.3 Å². The molecule has 2 N–H and O–H groups in total. The fourth-order valence-corrected chi connectivity index (χ4v) is 3.81. The van der Waals surface area contributed by atoms with Gasteiger partial charge in [0.25, 0.3) is 5.69 Å². The van der Waals surface area contributed by atoms with Crippen LogP contribution in [-0.4, -0.2) is 21.2 Å². The molecule has 0 fully saturated rings. The van der Waals surface area contributed by atoms with Crippen molar-refractivity contribution < 1.29 is 10.0 Å². The Bertz CT molecular complexity index is 1160. The van der Waals surface area contributed by atoms with Gasteiger partial charge in [0.2, 0.25) is 5.88 Å². The van der Waals surface area contributed by atoms with E-state index < -0.39 is 4.92 Å². The molecule has 1 aromatic heterocycles. The average Bonchev–Trinajstić information content (AvgIpc) is 3.23. The minimum Gasteiger partial charge on any atom is -0.493 e. The van der Waals surface area contributed by atoms with E-state index in [2.05, 4.69) is 9.98 Å². The summed E-state index contributed by atoms with van der Waals surface area (Å²) in [7, 11) is 0. The smallest absolute Gasteiger partial charge is 0.307 e. The molecule has 1 aliphatic heterocycles. The van der Waals surface area contributed by atoms with Crippen molar-refractivity contribution in [3.8, 4) is 5.88 Å². The van der Waals surface area contributed by atoms with Gasteiger partial charge in [0.1, 0.15) is 0 Å². The monoisotopic (exact) mass is 379 g/mol. The third-order valence-electron chi connectivity index (χ3n) is 4.28. The zero-order chi connectivity index (χ0) is 19.0. The first-order valence-corrected chi connectivity index (χ1v) is 8.87. The number of hydrogen-bond donors (Lipinski definition) is 2. The summed E-state index contributed by atoms with van der Waals surface area (Å²) in [5.74, 6) is -0.188. The Kier molecular flexibility index (Phi) is 4.17. The van der Waals surface area contributed by atoms with E-state index >= 15 is 0 Å². The van der Waals surface area contributed by atoms with E-state index in [-0.39, 0.29) is 16.4 Å². The number of thiazole rings is 1. The standard InChI is InChI=1S/C19H13N3O4S/c23-18-17(27-19(24)21-18)14(9-11-5-7-12(8-6-11)22(25)26)15-10-20-16-4-2-1-3-13(15)16/h1-8,10,23H,9H2,(H,21,24). The molecule has 0 amide bonds. The molecule has 0 unspecified atom stereocenters. The predicted molar refractivity (Wildman–Crippen MR) is 105 cm³/mol. The largest absolute Gasteiger partial charge is 0.493 e. The minimum atomic E-state index is -0.452. The van der Waals surface area contributed by atoms with Gasteiger partial charge in [-0.1, -0.05) is 41.7 Å². The predicted octanol–water partition coefficient (Wildman–Crippen LogP) is 3.92. The molecule has 0 atom stereocenters. The molecule has 2 aromatic carbocycles. The first-order chi connectivity index (χ1) is 13.0. The number of aromatic amines is 1. The van der Waals surface area contributed by atoms with E-state index in [4.69, 9.17) is 0 Å². The van der Waals surface area contributed by atoms with Crippen LogP contribution in [0.5, 0.6) is 5.88 Å². The normalized spacial score (nSPS) is 14.2. The molecule has 3 aromatic rings. The fraction of sp³-hybridized carbons (Fsp3) is 0.0526. The van der Waals surface area contributed by atoms with Crippen LogP contribution in [0.1, 0.15) is 16.0 Å². The molecule has 1 aliphatic rings. The Morgan fingerprint density at radius 3 is 2.59 bits per heavy atom. The second-order valence-electron chi connectivity index (χ2n) is 5.96. The number of para-hydroxylation sites is 1. The lowest BCUT2D eigenvalue weighted by molar-refractivity contribution is -0.384. The zero-order valence-electron chi connectivity index (χ0n) is 13.9. The summed E-state index contributed by atoms with van der Waals surface area (Å²) in [4.78, 5) is 29.0. The van der Waals surface area contributed by atoms with Gasteiger partial charge in [-0.3, -0.25) is 24.9 Å². The Morgan fingerprint density at radius 1 is 1.19 bits per heavy atom. The Balaban J connectivity index is 1.84. The number of rotatable bonds is 4. The Hall–Kier alpha value is -3.52. The van der Waals surface area contributed by atoms with Gasteiger partial charge in [0, 0.05) is 29.5 Å². The zero-order valence-corrected chi connectivity index (χ0v) is 14.7. The third kappa shape index (κ3) is 3.18. The maximum absolute atomic E-state index is 11.7. The SMILES string of the molecule is O=c1[nH]c(O)c(C(Cc2ccc([N+](=O)[O-])cc2)=C2C=Nc3ccccc32)s1. The Morgan fingerprint density at radius 2 is 1.93 bits per heavy atom. The summed E-state index contributed by atoms with van der Waals surface area (Å²) in [5.41, 5.74) is 4.11. The van der Waals surface area contributed by atoms with Crippen molar-refractivity contribution >= 4 is 40.1 Å². The molecule has 0 aliphatic carbocycles. The van der Waals surface area contributed by atoms with Crippen LogP contribution in [0.25, 0.3) is 11.1 Å². The molecule has 27 heavy (non-hydrogen) atoms. The second kappa shape index (κ2) is 6.65. The van der Waals surface area contributed by atoms with Crippen molar-refractivity contribution in [1.82, 2.24) is 4.98 Å². The summed E-state index contributed by atoms with van der Waals surface area (Å²) in [6, 6.07) is 13.8. The number of allylic oxidation sites excluding steroid dienone is 2. The van der Waals surface area contributed by atoms with Crippen molar-refractivity contribution in [2.45, 2.75) is 6.42 Å². The van der Waals surface area contributed by atoms with Crippen molar-refractivity contribution in [2.75, 3.05) is 0 Å². The third-order valence-corrected chi connectivity index (χ3v) is 5.22. The van der Waals surface area contributed by atoms with Gasteiger partial charge in [-0.05, 0) is 23.6 Å². The van der Waals surface area contributed by atoms with Gasteiger partial charge in [0.05, 0.1) is 15.5 Å². The highest BCUT2D eigenvalue weighted by Gasteiger charge is 2.22. The molecule has 4 rings (SSSR count). The number of hydrogen-bond acceptors (Lipinski definition) is 6. The number of aliphatic imine (C=N–C) groups is 1. The molecule has 8 heteroatoms. The maximum atomic E-state index is 11.7. The molecule has 7 nitrogen and oxygen atoms in total. The molecule has 0 spiro atoms. The van der Waals surface area contributed by atoms with E-state index in [0.717, 1.165) is 39.3 Å². The average molecular weight is 379 g/mol. The van der Waals surface area contributed by atoms with Crippen LogP contribution in [0, 0.1) is 10.1 Å². The van der Waals surface area contributed by atoms with Crippen molar-refractivity contribution in [3.63, 3.8) is 0 Å². The molecular weight excluding hydrogens is 366 g/mol. The topological polar surface area (TPSA) is 109 Å². The first kappa shape index (κ1) is 16.9. The summed E-state index contributed by atoms with van der Waals surface area (Å²) >= 11 is 0.922. The quantitative estimate of drug-likeness (QED) is 0.529. The van der Waals surface area contributed by atoms with Gasteiger partial charge in [-0.25, -0.2) is 0 Å². The summed E-state index contributed by atoms with van der Waals surface area (Å²) in [6.45, 7) is 0. The van der Waals surface area contributed by atoms with Crippen LogP contribution < -0.4 is 4.87 Å². The molecule has 0 bridgehead atoms. The maximum Gasteiger partial charge on any atom is 0.307 e. The number of non-ortho nitro benzene ring substituents is 1. The van der Waals surface area contributed by atoms with Crippen LogP contribution in [-0.2, 0) is 6.42 Å². The van der Waals surface area contributed by atoms with Gasteiger partial charge >= 0.3 is 4.87 Å². The highest BCUT2D eigenvalue weighted by atomic mass is 32.1. The lowest BCUT2D eigenvalue weighted by atomic mass is 9.95. The van der Waals surface area contributed by atoms with E-state index in [9.17, 15) is 20.0 Å². The number of fused-ring (bicyclic) bond motifs is 1. The lowest BCUT2D eigenvalue weighted by Crippen LogP contribution is -1.96. The summed E-state index contributed by atoms with van der Waals surface area (Å²) in [6.07, 6.45) is 2.10. The second-order valence-corrected chi connectivity index (χ2v) is 6.94. The molecule has 0 saturated carbocycles. The highest BCUT2D eigenvalue weighted by molar-refractivity contribution is 7.10. The Labute approximate surface area is 157 Å². The van der Waals surface area contributed by atoms with Crippen LogP contribution in [0.3, 0.4) is 0 Å². The van der Waals surface area contributed by atoms with E-state index in [0.29, 0.717) is 11.3 Å². The molecule has 0 radical (unpaired) electrons. The van der Waals surface area contributed by atoms with Gasteiger partial charge in [-0.15, -0.1) is 0 Å². The number of H-pyrrole nitrogens is 1. The van der Waals surface area contributed by atoms with Crippen LogP contribution >= 0.6 is 11.3 Å². The number of nitro benzene ring substituents is 1.